The molecular formula is C19H22N4O2. The Balaban J connectivity index is 1.78. The maximum Gasteiger partial charge on any atom is 0.256 e. The molecule has 1 amide bonds. The van der Waals surface area contributed by atoms with Crippen molar-refractivity contribution in [2.45, 2.75) is 33.4 Å². The van der Waals surface area contributed by atoms with Gasteiger partial charge in [0.05, 0.1) is 5.39 Å². The number of fused-ring (bicyclic) bond motifs is 1. The smallest absolute Gasteiger partial charge is 0.256 e. The molecule has 6 nitrogen and oxygen atoms in total. The number of amides is 1. The van der Waals surface area contributed by atoms with Gasteiger partial charge >= 0.3 is 0 Å². The summed E-state index contributed by atoms with van der Waals surface area (Å²) in [6.07, 6.45) is 6.38. The molecule has 0 atom stereocenters. The predicted octanol–water partition coefficient (Wildman–Crippen LogP) is 2.35. The predicted molar refractivity (Wildman–Crippen MR) is 97.8 cm³/mol. The average molecular weight is 338 g/mol. The second-order valence-corrected chi connectivity index (χ2v) is 6.01. The maximum absolute atomic E-state index is 12.7. The van der Waals surface area contributed by atoms with Gasteiger partial charge in [-0.1, -0.05) is 0 Å². The van der Waals surface area contributed by atoms with Crippen molar-refractivity contribution in [1.82, 2.24) is 19.4 Å². The van der Waals surface area contributed by atoms with Crippen molar-refractivity contribution in [3.63, 3.8) is 0 Å². The zero-order chi connectivity index (χ0) is 17.8. The lowest BCUT2D eigenvalue weighted by Crippen LogP contribution is -2.31. The number of carbonyl (C=O) groups is 1. The first kappa shape index (κ1) is 17.0. The van der Waals surface area contributed by atoms with Crippen molar-refractivity contribution in [3.8, 4) is 0 Å². The molecular weight excluding hydrogens is 316 g/mol. The molecule has 0 radical (unpaired) electrons. The SMILES string of the molecule is CCn1cc(C(=O)NCCCn2cccc2)c(=O)c2ccc(C)nc21. The minimum absolute atomic E-state index is 0.168. The first-order chi connectivity index (χ1) is 12.1. The Bertz CT molecular complexity index is 942. The van der Waals surface area contributed by atoms with E-state index in [9.17, 15) is 9.59 Å². The number of carbonyl (C=O) groups excluding carboxylic acids is 1. The van der Waals surface area contributed by atoms with E-state index in [0.29, 0.717) is 24.1 Å². The lowest BCUT2D eigenvalue weighted by molar-refractivity contribution is 0.0951. The Labute approximate surface area is 146 Å². The van der Waals surface area contributed by atoms with Gasteiger partial charge in [-0.15, -0.1) is 0 Å². The highest BCUT2D eigenvalue weighted by Crippen LogP contribution is 2.11. The van der Waals surface area contributed by atoms with Gasteiger partial charge in [0.2, 0.25) is 5.43 Å². The zero-order valence-electron chi connectivity index (χ0n) is 14.5. The number of nitrogens with zero attached hydrogens (tertiary/aromatic N) is 3. The van der Waals surface area contributed by atoms with Crippen LogP contribution in [0.4, 0.5) is 0 Å². The summed E-state index contributed by atoms with van der Waals surface area (Å²) in [5.41, 5.74) is 1.36. The minimum atomic E-state index is -0.331. The number of aryl methyl sites for hydroxylation is 3. The third-order valence-electron chi connectivity index (χ3n) is 4.19. The number of aromatic nitrogens is 3. The van der Waals surface area contributed by atoms with Crippen molar-refractivity contribution >= 4 is 16.9 Å². The van der Waals surface area contributed by atoms with E-state index in [4.69, 9.17) is 0 Å². The van der Waals surface area contributed by atoms with E-state index in [-0.39, 0.29) is 16.9 Å². The molecule has 0 aliphatic rings. The van der Waals surface area contributed by atoms with Crippen LogP contribution in [0.3, 0.4) is 0 Å². The van der Waals surface area contributed by atoms with E-state index in [1.165, 1.54) is 0 Å². The van der Waals surface area contributed by atoms with Crippen molar-refractivity contribution in [1.29, 1.82) is 0 Å². The van der Waals surface area contributed by atoms with Gasteiger partial charge in [-0.3, -0.25) is 9.59 Å². The van der Waals surface area contributed by atoms with Crippen LogP contribution in [-0.4, -0.2) is 26.6 Å². The monoisotopic (exact) mass is 338 g/mol. The minimum Gasteiger partial charge on any atom is -0.354 e. The molecule has 0 fully saturated rings. The molecule has 3 rings (SSSR count). The summed E-state index contributed by atoms with van der Waals surface area (Å²) in [5.74, 6) is -0.331. The molecule has 0 unspecified atom stereocenters. The number of hydrogen-bond donors (Lipinski definition) is 1. The summed E-state index contributed by atoms with van der Waals surface area (Å²) in [5, 5.41) is 3.32. The fourth-order valence-electron chi connectivity index (χ4n) is 2.84. The van der Waals surface area contributed by atoms with E-state index in [2.05, 4.69) is 14.9 Å². The average Bonchev–Trinajstić information content (AvgIpc) is 3.12. The third kappa shape index (κ3) is 3.63. The molecule has 3 aromatic heterocycles. The lowest BCUT2D eigenvalue weighted by Gasteiger charge is -2.11. The van der Waals surface area contributed by atoms with Crippen molar-refractivity contribution < 1.29 is 4.79 Å². The van der Waals surface area contributed by atoms with Crippen molar-refractivity contribution in [2.75, 3.05) is 6.54 Å². The largest absolute Gasteiger partial charge is 0.354 e. The van der Waals surface area contributed by atoms with Crippen LogP contribution >= 0.6 is 0 Å². The van der Waals surface area contributed by atoms with E-state index in [1.807, 2.05) is 42.9 Å². The molecule has 130 valence electrons. The van der Waals surface area contributed by atoms with E-state index >= 15 is 0 Å². The van der Waals surface area contributed by atoms with Gasteiger partial charge < -0.3 is 14.5 Å². The standard InChI is InChI=1S/C19H22N4O2/c1-3-23-13-16(17(24)15-8-7-14(2)21-18(15)23)19(25)20-9-6-12-22-10-4-5-11-22/h4-5,7-8,10-11,13H,3,6,9,12H2,1-2H3,(H,20,25). The van der Waals surface area contributed by atoms with Crippen LogP contribution in [0.5, 0.6) is 0 Å². The molecule has 0 aliphatic heterocycles. The number of nitrogens with one attached hydrogen (secondary N) is 1. The van der Waals surface area contributed by atoms with Crippen LogP contribution in [0.25, 0.3) is 11.0 Å². The summed E-state index contributed by atoms with van der Waals surface area (Å²) in [6.45, 7) is 5.84. The number of hydrogen-bond acceptors (Lipinski definition) is 3. The molecule has 0 aromatic carbocycles. The third-order valence-corrected chi connectivity index (χ3v) is 4.19. The maximum atomic E-state index is 12.7. The molecule has 25 heavy (non-hydrogen) atoms. The van der Waals surface area contributed by atoms with Crippen LogP contribution in [0.15, 0.2) is 47.7 Å². The molecule has 0 saturated carbocycles. The Kier molecular flexibility index (Phi) is 4.97. The quantitative estimate of drug-likeness (QED) is 0.702. The van der Waals surface area contributed by atoms with E-state index < -0.39 is 0 Å². The van der Waals surface area contributed by atoms with Gasteiger partial charge in [0.15, 0.2) is 0 Å². The van der Waals surface area contributed by atoms with E-state index in [0.717, 1.165) is 18.7 Å². The highest BCUT2D eigenvalue weighted by molar-refractivity contribution is 5.96. The van der Waals surface area contributed by atoms with Crippen LogP contribution in [0, 0.1) is 6.92 Å². The molecule has 0 saturated heterocycles. The topological polar surface area (TPSA) is 68.9 Å². The fourth-order valence-corrected chi connectivity index (χ4v) is 2.84. The molecule has 0 aliphatic carbocycles. The van der Waals surface area contributed by atoms with Gasteiger partial charge in [-0.05, 0) is 44.5 Å². The Morgan fingerprint density at radius 3 is 2.72 bits per heavy atom. The number of pyridine rings is 2. The normalized spacial score (nSPS) is 11.0. The van der Waals surface area contributed by atoms with Crippen LogP contribution < -0.4 is 10.7 Å². The Morgan fingerprint density at radius 1 is 1.24 bits per heavy atom. The summed E-state index contributed by atoms with van der Waals surface area (Å²) in [7, 11) is 0. The second-order valence-electron chi connectivity index (χ2n) is 6.01. The first-order valence-electron chi connectivity index (χ1n) is 8.50. The van der Waals surface area contributed by atoms with Gasteiger partial charge in [-0.2, -0.15) is 0 Å². The molecule has 1 N–H and O–H groups in total. The van der Waals surface area contributed by atoms with Crippen LogP contribution in [0.2, 0.25) is 0 Å². The summed E-state index contributed by atoms with van der Waals surface area (Å²) in [4.78, 5) is 29.5. The van der Waals surface area contributed by atoms with E-state index in [1.54, 1.807) is 18.3 Å². The molecule has 3 heterocycles. The Hall–Kier alpha value is -2.89. The molecule has 0 spiro atoms. The fraction of sp³-hybridized carbons (Fsp3) is 0.316. The molecule has 3 aromatic rings. The molecule has 6 heteroatoms. The van der Waals surface area contributed by atoms with Gasteiger partial charge in [0.1, 0.15) is 11.2 Å². The van der Waals surface area contributed by atoms with Gasteiger partial charge in [-0.25, -0.2) is 4.98 Å². The second kappa shape index (κ2) is 7.34. The summed E-state index contributed by atoms with van der Waals surface area (Å²) in [6, 6.07) is 7.48. The highest BCUT2D eigenvalue weighted by Gasteiger charge is 2.15. The molecule has 0 bridgehead atoms. The number of rotatable bonds is 6. The zero-order valence-corrected chi connectivity index (χ0v) is 14.5. The summed E-state index contributed by atoms with van der Waals surface area (Å²) >= 11 is 0. The van der Waals surface area contributed by atoms with Crippen LogP contribution in [-0.2, 0) is 13.1 Å². The van der Waals surface area contributed by atoms with Crippen molar-refractivity contribution in [2.24, 2.45) is 0 Å². The highest BCUT2D eigenvalue weighted by atomic mass is 16.2. The first-order valence-corrected chi connectivity index (χ1v) is 8.50. The van der Waals surface area contributed by atoms with Gasteiger partial charge in [0, 0.05) is 43.9 Å². The van der Waals surface area contributed by atoms with Crippen LogP contribution in [0.1, 0.15) is 29.4 Å². The van der Waals surface area contributed by atoms with Gasteiger partial charge in [0.25, 0.3) is 5.91 Å². The summed E-state index contributed by atoms with van der Waals surface area (Å²) < 4.78 is 3.90. The van der Waals surface area contributed by atoms with Crippen molar-refractivity contribution in [3.05, 3.63) is 64.3 Å². The Morgan fingerprint density at radius 2 is 2.00 bits per heavy atom. The lowest BCUT2D eigenvalue weighted by atomic mass is 10.1.